The lowest BCUT2D eigenvalue weighted by Crippen LogP contribution is -2.50. The molecule has 3 heteroatoms. The van der Waals surface area contributed by atoms with E-state index in [1.165, 1.54) is 6.92 Å². The molecule has 0 aromatic heterocycles. The Morgan fingerprint density at radius 1 is 1.58 bits per heavy atom. The highest BCUT2D eigenvalue weighted by molar-refractivity contribution is 5.66. The largest absolute Gasteiger partial charge is 0.444 e. The molecule has 0 fully saturated rings. The van der Waals surface area contributed by atoms with Crippen molar-refractivity contribution in [2.75, 3.05) is 7.05 Å². The van der Waals surface area contributed by atoms with Crippen LogP contribution in [0.2, 0.25) is 0 Å². The van der Waals surface area contributed by atoms with E-state index in [9.17, 15) is 4.79 Å². The fourth-order valence-corrected chi connectivity index (χ4v) is 1.37. The van der Waals surface area contributed by atoms with E-state index in [0.29, 0.717) is 0 Å². The smallest absolute Gasteiger partial charge is 0.304 e. The van der Waals surface area contributed by atoms with Crippen molar-refractivity contribution in [1.29, 1.82) is 0 Å². The molecule has 72 valence electrons. The van der Waals surface area contributed by atoms with E-state index in [1.54, 1.807) is 0 Å². The monoisotopic (exact) mass is 173 g/mol. The fraction of sp³-hybridized carbons (Fsp3) is 0.889. The molecule has 0 aliphatic heterocycles. The normalized spacial score (nSPS) is 15.8. The predicted molar refractivity (Wildman–Crippen MR) is 48.7 cm³/mol. The number of esters is 1. The van der Waals surface area contributed by atoms with Gasteiger partial charge in [0, 0.05) is 12.8 Å². The van der Waals surface area contributed by atoms with Crippen molar-refractivity contribution in [2.45, 2.75) is 39.8 Å². The van der Waals surface area contributed by atoms with E-state index in [2.05, 4.69) is 5.32 Å². The van der Waals surface area contributed by atoms with Crippen LogP contribution in [0.25, 0.3) is 0 Å². The first-order valence-corrected chi connectivity index (χ1v) is 4.37. The highest BCUT2D eigenvalue weighted by Gasteiger charge is 2.33. The Morgan fingerprint density at radius 2 is 2.08 bits per heavy atom. The van der Waals surface area contributed by atoms with Crippen molar-refractivity contribution >= 4 is 5.97 Å². The van der Waals surface area contributed by atoms with E-state index in [-0.39, 0.29) is 11.9 Å². The van der Waals surface area contributed by atoms with Gasteiger partial charge in [-0.2, -0.15) is 0 Å². The van der Waals surface area contributed by atoms with Gasteiger partial charge in [-0.15, -0.1) is 0 Å². The fourth-order valence-electron chi connectivity index (χ4n) is 1.37. The summed E-state index contributed by atoms with van der Waals surface area (Å²) in [4.78, 5) is 10.8. The van der Waals surface area contributed by atoms with Crippen molar-refractivity contribution in [3.63, 3.8) is 0 Å². The molecular weight excluding hydrogens is 154 g/mol. The van der Waals surface area contributed by atoms with Crippen LogP contribution in [0.1, 0.15) is 34.1 Å². The van der Waals surface area contributed by atoms with Gasteiger partial charge in [0.1, 0.15) is 0 Å². The Kier molecular flexibility index (Phi) is 4.24. The minimum atomic E-state index is -0.494. The summed E-state index contributed by atoms with van der Waals surface area (Å²) in [5.41, 5.74) is -0.494. The molecule has 12 heavy (non-hydrogen) atoms. The summed E-state index contributed by atoms with van der Waals surface area (Å²) >= 11 is 0. The average Bonchev–Trinajstić information content (AvgIpc) is 1.99. The van der Waals surface area contributed by atoms with Crippen LogP contribution in [0, 0.1) is 5.92 Å². The molecule has 0 aliphatic rings. The molecular formula is C9H19NO2. The number of nitrogens with one attached hydrogen (secondary N) is 1. The molecule has 0 heterocycles. The first-order chi connectivity index (χ1) is 5.48. The Morgan fingerprint density at radius 3 is 2.17 bits per heavy atom. The Balaban J connectivity index is 4.46. The van der Waals surface area contributed by atoms with Gasteiger partial charge < -0.3 is 4.74 Å². The molecule has 0 aromatic rings. The maximum Gasteiger partial charge on any atom is 0.304 e. The van der Waals surface area contributed by atoms with Gasteiger partial charge in [0.25, 0.3) is 0 Å². The third kappa shape index (κ3) is 2.48. The second-order valence-corrected chi connectivity index (χ2v) is 3.24. The zero-order valence-corrected chi connectivity index (χ0v) is 8.60. The van der Waals surface area contributed by atoms with Crippen LogP contribution < -0.4 is 5.32 Å². The molecule has 1 N–H and O–H groups in total. The molecule has 0 bridgehead atoms. The lowest BCUT2D eigenvalue weighted by atomic mass is 9.97. The van der Waals surface area contributed by atoms with Crippen molar-refractivity contribution in [2.24, 2.45) is 5.92 Å². The minimum Gasteiger partial charge on any atom is -0.444 e. The summed E-state index contributed by atoms with van der Waals surface area (Å²) in [5.74, 6) is 0.0382. The maximum absolute atomic E-state index is 10.8. The molecule has 1 unspecified atom stereocenters. The van der Waals surface area contributed by atoms with E-state index >= 15 is 0 Å². The lowest BCUT2D eigenvalue weighted by Gasteiger charge is -2.35. The van der Waals surface area contributed by atoms with Crippen LogP contribution in [0.5, 0.6) is 0 Å². The van der Waals surface area contributed by atoms with E-state index in [0.717, 1.165) is 6.42 Å². The van der Waals surface area contributed by atoms with Gasteiger partial charge in [0.05, 0.1) is 0 Å². The number of ether oxygens (including phenoxy) is 1. The topological polar surface area (TPSA) is 38.3 Å². The third-order valence-electron chi connectivity index (χ3n) is 2.21. The summed E-state index contributed by atoms with van der Waals surface area (Å²) in [6.07, 6.45) is 0.779. The third-order valence-corrected chi connectivity index (χ3v) is 2.21. The van der Waals surface area contributed by atoms with Gasteiger partial charge in [-0.3, -0.25) is 10.1 Å². The van der Waals surface area contributed by atoms with Crippen molar-refractivity contribution in [3.05, 3.63) is 0 Å². The van der Waals surface area contributed by atoms with Crippen molar-refractivity contribution in [1.82, 2.24) is 5.32 Å². The number of hydrogen-bond donors (Lipinski definition) is 1. The number of hydrogen-bond acceptors (Lipinski definition) is 3. The van der Waals surface area contributed by atoms with Crippen LogP contribution in [0.3, 0.4) is 0 Å². The van der Waals surface area contributed by atoms with Crippen LogP contribution >= 0.6 is 0 Å². The van der Waals surface area contributed by atoms with Crippen LogP contribution in [0.15, 0.2) is 0 Å². The second-order valence-electron chi connectivity index (χ2n) is 3.24. The minimum absolute atomic E-state index is 0.236. The molecule has 0 saturated heterocycles. The summed E-state index contributed by atoms with van der Waals surface area (Å²) in [7, 11) is 1.81. The average molecular weight is 173 g/mol. The molecule has 0 rings (SSSR count). The van der Waals surface area contributed by atoms with Crippen LogP contribution in [-0.4, -0.2) is 18.7 Å². The van der Waals surface area contributed by atoms with Gasteiger partial charge in [-0.05, 0) is 13.5 Å². The van der Waals surface area contributed by atoms with Gasteiger partial charge in [0.2, 0.25) is 0 Å². The summed E-state index contributed by atoms with van der Waals surface area (Å²) in [6, 6.07) is 0. The Hall–Kier alpha value is -0.570. The SMILES string of the molecule is CCC(NC)(OC(C)=O)C(C)C. The molecule has 1 atom stereocenters. The number of carbonyl (C=O) groups is 1. The van der Waals surface area contributed by atoms with E-state index in [4.69, 9.17) is 4.74 Å². The molecule has 3 nitrogen and oxygen atoms in total. The Bertz CT molecular complexity index is 151. The van der Waals surface area contributed by atoms with Crippen LogP contribution in [0.4, 0.5) is 0 Å². The van der Waals surface area contributed by atoms with Gasteiger partial charge in [0.15, 0.2) is 5.72 Å². The van der Waals surface area contributed by atoms with Gasteiger partial charge in [-0.25, -0.2) is 0 Å². The zero-order valence-electron chi connectivity index (χ0n) is 8.60. The number of carbonyl (C=O) groups excluding carboxylic acids is 1. The molecule has 0 spiro atoms. The first-order valence-electron chi connectivity index (χ1n) is 4.37. The predicted octanol–water partition coefficient (Wildman–Crippen LogP) is 1.53. The van der Waals surface area contributed by atoms with Gasteiger partial charge >= 0.3 is 5.97 Å². The summed E-state index contributed by atoms with van der Waals surface area (Å²) < 4.78 is 5.25. The van der Waals surface area contributed by atoms with Gasteiger partial charge in [-0.1, -0.05) is 20.8 Å². The molecule has 0 amide bonds. The highest BCUT2D eigenvalue weighted by atomic mass is 16.6. The quantitative estimate of drug-likeness (QED) is 0.517. The van der Waals surface area contributed by atoms with Crippen molar-refractivity contribution in [3.8, 4) is 0 Å². The zero-order chi connectivity index (χ0) is 9.78. The second kappa shape index (κ2) is 4.45. The Labute approximate surface area is 74.5 Å². The standard InChI is InChI=1S/C9H19NO2/c1-6-9(10-5,7(2)3)12-8(4)11/h7,10H,6H2,1-5H3. The van der Waals surface area contributed by atoms with E-state index in [1.807, 2.05) is 27.8 Å². The number of rotatable bonds is 4. The van der Waals surface area contributed by atoms with E-state index < -0.39 is 5.72 Å². The molecule has 0 saturated carbocycles. The summed E-state index contributed by atoms with van der Waals surface area (Å²) in [6.45, 7) is 7.50. The highest BCUT2D eigenvalue weighted by Crippen LogP contribution is 2.22. The molecule has 0 aromatic carbocycles. The first kappa shape index (κ1) is 11.4. The molecule has 0 radical (unpaired) electrons. The van der Waals surface area contributed by atoms with Crippen LogP contribution in [-0.2, 0) is 9.53 Å². The molecule has 0 aliphatic carbocycles. The maximum atomic E-state index is 10.8. The van der Waals surface area contributed by atoms with Crippen molar-refractivity contribution < 1.29 is 9.53 Å². The summed E-state index contributed by atoms with van der Waals surface area (Å²) in [5, 5.41) is 3.05. The lowest BCUT2D eigenvalue weighted by molar-refractivity contribution is -0.167.